The van der Waals surface area contributed by atoms with Crippen LogP contribution in [-0.2, 0) is 19.1 Å². The summed E-state index contributed by atoms with van der Waals surface area (Å²) in [6.45, 7) is 3.10. The molecular formula is C19H19NO5S. The van der Waals surface area contributed by atoms with Crippen LogP contribution in [0.25, 0.3) is 11.1 Å². The normalized spacial score (nSPS) is 9.96. The minimum Gasteiger partial charge on any atom is -0.466 e. The summed E-state index contributed by atoms with van der Waals surface area (Å²) < 4.78 is 9.51. The molecule has 0 bridgehead atoms. The van der Waals surface area contributed by atoms with E-state index in [9.17, 15) is 14.4 Å². The predicted molar refractivity (Wildman–Crippen MR) is 100 cm³/mol. The molecule has 1 N–H and O–H groups in total. The summed E-state index contributed by atoms with van der Waals surface area (Å²) in [5.74, 6) is -1.71. The van der Waals surface area contributed by atoms with Crippen molar-refractivity contribution in [1.29, 1.82) is 0 Å². The van der Waals surface area contributed by atoms with Crippen LogP contribution in [0.1, 0.15) is 24.2 Å². The van der Waals surface area contributed by atoms with E-state index in [0.29, 0.717) is 10.6 Å². The molecule has 1 heterocycles. The van der Waals surface area contributed by atoms with Crippen molar-refractivity contribution in [1.82, 2.24) is 0 Å². The average molecular weight is 373 g/mol. The number of benzene rings is 1. The van der Waals surface area contributed by atoms with Crippen LogP contribution in [0.5, 0.6) is 0 Å². The summed E-state index contributed by atoms with van der Waals surface area (Å²) in [5, 5.41) is 4.83. The Morgan fingerprint density at radius 1 is 1.15 bits per heavy atom. The number of rotatable bonds is 6. The molecule has 6 nitrogen and oxygen atoms in total. The van der Waals surface area contributed by atoms with Crippen molar-refractivity contribution < 1.29 is 23.9 Å². The fourth-order valence-electron chi connectivity index (χ4n) is 2.15. The smallest absolute Gasteiger partial charge is 0.344 e. The topological polar surface area (TPSA) is 81.7 Å². The summed E-state index contributed by atoms with van der Waals surface area (Å²) in [5.41, 5.74) is 2.47. The molecule has 1 aromatic heterocycles. The van der Waals surface area contributed by atoms with Gasteiger partial charge in [0.15, 0.2) is 6.61 Å². The minimum atomic E-state index is -0.706. The zero-order valence-corrected chi connectivity index (χ0v) is 15.5. The van der Waals surface area contributed by atoms with Gasteiger partial charge in [-0.25, -0.2) is 9.59 Å². The maximum atomic E-state index is 12.6. The molecule has 2 aromatic rings. The first-order valence-corrected chi connectivity index (χ1v) is 8.67. The minimum absolute atomic E-state index is 0.209. The molecule has 1 amide bonds. The molecule has 0 aliphatic rings. The van der Waals surface area contributed by atoms with Crippen molar-refractivity contribution in [3.8, 4) is 11.1 Å². The highest BCUT2D eigenvalue weighted by atomic mass is 32.1. The molecule has 26 heavy (non-hydrogen) atoms. The molecule has 0 spiro atoms. The second-order valence-electron chi connectivity index (χ2n) is 5.58. The Bertz CT molecular complexity index is 835. The Morgan fingerprint density at radius 3 is 2.46 bits per heavy atom. The van der Waals surface area contributed by atoms with Gasteiger partial charge in [0, 0.05) is 17.0 Å². The molecular weight excluding hydrogens is 354 g/mol. The van der Waals surface area contributed by atoms with Crippen LogP contribution < -0.4 is 5.32 Å². The first kappa shape index (κ1) is 19.4. The Hall–Kier alpha value is -2.93. The van der Waals surface area contributed by atoms with Crippen molar-refractivity contribution in [3.63, 3.8) is 0 Å². The number of anilines is 1. The highest BCUT2D eigenvalue weighted by Gasteiger charge is 2.23. The van der Waals surface area contributed by atoms with E-state index in [4.69, 9.17) is 4.74 Å². The molecule has 0 atom stereocenters. The van der Waals surface area contributed by atoms with Crippen LogP contribution in [0.3, 0.4) is 0 Å². The molecule has 136 valence electrons. The first-order chi connectivity index (χ1) is 12.4. The largest absolute Gasteiger partial charge is 0.466 e. The first-order valence-electron chi connectivity index (χ1n) is 7.79. The van der Waals surface area contributed by atoms with E-state index < -0.39 is 18.5 Å². The molecule has 1 aromatic carbocycles. The molecule has 0 aliphatic carbocycles. The Labute approximate surface area is 155 Å². The van der Waals surface area contributed by atoms with Crippen LogP contribution in [0.15, 0.2) is 47.4 Å². The number of allylic oxidation sites excluding steroid dienone is 1. The molecule has 0 radical (unpaired) electrons. The number of hydrogen-bond acceptors (Lipinski definition) is 6. The van der Waals surface area contributed by atoms with Gasteiger partial charge >= 0.3 is 11.9 Å². The van der Waals surface area contributed by atoms with Gasteiger partial charge in [-0.1, -0.05) is 35.9 Å². The average Bonchev–Trinajstić information content (AvgIpc) is 3.02. The van der Waals surface area contributed by atoms with Crippen molar-refractivity contribution in [2.45, 2.75) is 13.8 Å². The lowest BCUT2D eigenvalue weighted by Crippen LogP contribution is -2.17. The van der Waals surface area contributed by atoms with Gasteiger partial charge in [0.2, 0.25) is 5.91 Å². The number of thiophene rings is 1. The van der Waals surface area contributed by atoms with E-state index in [0.717, 1.165) is 11.1 Å². The predicted octanol–water partition coefficient (Wildman–Crippen LogP) is 3.65. The zero-order chi connectivity index (χ0) is 19.1. The number of esters is 2. The molecule has 2 rings (SSSR count). The fraction of sp³-hybridized carbons (Fsp3) is 0.211. The Morgan fingerprint density at radius 2 is 1.85 bits per heavy atom. The van der Waals surface area contributed by atoms with E-state index in [2.05, 4.69) is 10.1 Å². The highest BCUT2D eigenvalue weighted by molar-refractivity contribution is 7.15. The molecule has 7 heteroatoms. The fourth-order valence-corrected chi connectivity index (χ4v) is 3.11. The lowest BCUT2D eigenvalue weighted by molar-refractivity contribution is -0.144. The van der Waals surface area contributed by atoms with Gasteiger partial charge in [-0.05, 0) is 19.4 Å². The Balaban J connectivity index is 2.38. The maximum Gasteiger partial charge on any atom is 0.344 e. The van der Waals surface area contributed by atoms with Crippen molar-refractivity contribution in [3.05, 3.63) is 52.9 Å². The van der Waals surface area contributed by atoms with Crippen LogP contribution in [0, 0.1) is 0 Å². The third-order valence-electron chi connectivity index (χ3n) is 3.29. The van der Waals surface area contributed by atoms with E-state index in [1.54, 1.807) is 19.2 Å². The second kappa shape index (κ2) is 8.96. The van der Waals surface area contributed by atoms with Gasteiger partial charge < -0.3 is 14.8 Å². The molecule has 0 saturated carbocycles. The molecule has 0 saturated heterocycles. The number of methoxy groups -OCH3 is 1. The molecule has 0 aliphatic heterocycles. The van der Waals surface area contributed by atoms with Crippen LogP contribution in [-0.4, -0.2) is 31.6 Å². The van der Waals surface area contributed by atoms with Crippen molar-refractivity contribution in [2.24, 2.45) is 0 Å². The number of carbonyl (C=O) groups is 3. The lowest BCUT2D eigenvalue weighted by Gasteiger charge is -2.08. The number of carbonyl (C=O) groups excluding carboxylic acids is 3. The zero-order valence-electron chi connectivity index (χ0n) is 14.7. The number of hydrogen-bond donors (Lipinski definition) is 1. The summed E-state index contributed by atoms with van der Waals surface area (Å²) in [6.07, 6.45) is 1.44. The van der Waals surface area contributed by atoms with Crippen LogP contribution in [0.2, 0.25) is 0 Å². The number of amides is 1. The van der Waals surface area contributed by atoms with Crippen molar-refractivity contribution in [2.75, 3.05) is 19.0 Å². The van der Waals surface area contributed by atoms with Crippen LogP contribution >= 0.6 is 11.3 Å². The van der Waals surface area contributed by atoms with E-state index in [-0.39, 0.29) is 11.5 Å². The van der Waals surface area contributed by atoms with Gasteiger partial charge in [0.05, 0.1) is 7.11 Å². The quantitative estimate of drug-likeness (QED) is 0.617. The third-order valence-corrected chi connectivity index (χ3v) is 4.18. The SMILES string of the molecule is COC(=O)COC(=O)c1c(-c2ccccc2)csc1NC(=O)C=C(C)C. The van der Waals surface area contributed by atoms with Gasteiger partial charge in [-0.15, -0.1) is 11.3 Å². The molecule has 0 unspecified atom stereocenters. The van der Waals surface area contributed by atoms with Crippen LogP contribution in [0.4, 0.5) is 5.00 Å². The summed E-state index contributed by atoms with van der Waals surface area (Å²) in [6, 6.07) is 9.25. The second-order valence-corrected chi connectivity index (χ2v) is 6.46. The maximum absolute atomic E-state index is 12.6. The highest BCUT2D eigenvalue weighted by Crippen LogP contribution is 2.36. The van der Waals surface area contributed by atoms with Gasteiger partial charge in [0.25, 0.3) is 0 Å². The van der Waals surface area contributed by atoms with E-state index in [1.807, 2.05) is 30.3 Å². The van der Waals surface area contributed by atoms with E-state index >= 15 is 0 Å². The van der Waals surface area contributed by atoms with Gasteiger partial charge in [-0.2, -0.15) is 0 Å². The standard InChI is InChI=1S/C19H19NO5S/c1-12(2)9-15(21)20-18-17(19(23)25-10-16(22)24-3)14(11-26-18)13-7-5-4-6-8-13/h4-9,11H,10H2,1-3H3,(H,20,21). The van der Waals surface area contributed by atoms with E-state index in [1.165, 1.54) is 24.5 Å². The lowest BCUT2D eigenvalue weighted by atomic mass is 10.0. The number of ether oxygens (including phenoxy) is 2. The van der Waals surface area contributed by atoms with Crippen molar-refractivity contribution >= 4 is 34.2 Å². The number of nitrogens with one attached hydrogen (secondary N) is 1. The summed E-state index contributed by atoms with van der Waals surface area (Å²) >= 11 is 1.22. The molecule has 0 fully saturated rings. The summed E-state index contributed by atoms with van der Waals surface area (Å²) in [4.78, 5) is 35.9. The third kappa shape index (κ3) is 5.03. The van der Waals surface area contributed by atoms with Gasteiger partial charge in [-0.3, -0.25) is 4.79 Å². The summed E-state index contributed by atoms with van der Waals surface area (Å²) in [7, 11) is 1.21. The Kier molecular flexibility index (Phi) is 6.68. The van der Waals surface area contributed by atoms with Gasteiger partial charge in [0.1, 0.15) is 10.6 Å². The monoisotopic (exact) mass is 373 g/mol.